The molecule has 176 valence electrons. The summed E-state index contributed by atoms with van der Waals surface area (Å²) >= 11 is 5.95. The summed E-state index contributed by atoms with van der Waals surface area (Å²) in [5, 5.41) is 16.8. The van der Waals surface area contributed by atoms with Crippen LogP contribution in [0.4, 0.5) is 21.5 Å². The number of aromatic amines is 1. The summed E-state index contributed by atoms with van der Waals surface area (Å²) < 4.78 is 18.7. The number of rotatable bonds is 8. The fraction of sp³-hybridized carbons (Fsp3) is 0.120. The average Bonchev–Trinajstić information content (AvgIpc) is 3.38. The Morgan fingerprint density at radius 3 is 2.86 bits per heavy atom. The molecule has 0 aliphatic carbocycles. The number of carbonyl (C=O) groups excluding carboxylic acids is 1. The molecule has 8 nitrogen and oxygen atoms in total. The van der Waals surface area contributed by atoms with E-state index < -0.39 is 11.8 Å². The Hall–Kier alpha value is -4.42. The third kappa shape index (κ3) is 5.57. The first kappa shape index (κ1) is 23.7. The molecule has 2 heterocycles. The van der Waals surface area contributed by atoms with Gasteiger partial charge in [0.05, 0.1) is 47.0 Å². The number of aromatic nitrogens is 3. The van der Waals surface area contributed by atoms with Gasteiger partial charge in [-0.15, -0.1) is 0 Å². The van der Waals surface area contributed by atoms with Crippen molar-refractivity contribution in [3.05, 3.63) is 82.8 Å². The largest absolute Gasteiger partial charge is 0.463 e. The fourth-order valence-corrected chi connectivity index (χ4v) is 3.60. The van der Waals surface area contributed by atoms with Gasteiger partial charge in [0.15, 0.2) is 0 Å². The minimum Gasteiger partial charge on any atom is -0.463 e. The SMILES string of the molecule is CCOC(=O)/C=C/c1cc(NCc2cnc[nH]2)cc2c(Nc3ccc(F)c(Cl)c3)c(C#N)cnc12. The highest BCUT2D eigenvalue weighted by Crippen LogP contribution is 2.34. The van der Waals surface area contributed by atoms with Crippen LogP contribution in [-0.4, -0.2) is 27.5 Å². The lowest BCUT2D eigenvalue weighted by Crippen LogP contribution is -2.03. The number of esters is 1. The van der Waals surface area contributed by atoms with Crippen LogP contribution < -0.4 is 10.6 Å². The second-order valence-electron chi connectivity index (χ2n) is 7.39. The van der Waals surface area contributed by atoms with Crippen molar-refractivity contribution in [1.82, 2.24) is 15.0 Å². The molecule has 0 saturated heterocycles. The molecule has 35 heavy (non-hydrogen) atoms. The minimum atomic E-state index is -0.547. The van der Waals surface area contributed by atoms with Gasteiger partial charge in [-0.1, -0.05) is 11.6 Å². The Morgan fingerprint density at radius 2 is 2.14 bits per heavy atom. The van der Waals surface area contributed by atoms with Gasteiger partial charge in [0.2, 0.25) is 0 Å². The fourth-order valence-electron chi connectivity index (χ4n) is 3.42. The number of imidazole rings is 1. The van der Waals surface area contributed by atoms with Crippen molar-refractivity contribution in [2.75, 3.05) is 17.2 Å². The van der Waals surface area contributed by atoms with Gasteiger partial charge in [0, 0.05) is 40.8 Å². The Labute approximate surface area is 205 Å². The summed E-state index contributed by atoms with van der Waals surface area (Å²) in [6.07, 6.45) is 7.66. The monoisotopic (exact) mass is 490 g/mol. The first-order valence-electron chi connectivity index (χ1n) is 10.6. The maximum absolute atomic E-state index is 13.7. The molecule has 2 aromatic carbocycles. The quantitative estimate of drug-likeness (QED) is 0.219. The lowest BCUT2D eigenvalue weighted by Gasteiger charge is -2.15. The molecule has 0 fully saturated rings. The average molecular weight is 491 g/mol. The van der Waals surface area contributed by atoms with Crippen LogP contribution >= 0.6 is 11.6 Å². The molecular weight excluding hydrogens is 471 g/mol. The number of halogens is 2. The number of hydrogen-bond donors (Lipinski definition) is 3. The van der Waals surface area contributed by atoms with E-state index in [9.17, 15) is 14.4 Å². The van der Waals surface area contributed by atoms with Crippen molar-refractivity contribution in [3.63, 3.8) is 0 Å². The zero-order valence-electron chi connectivity index (χ0n) is 18.6. The number of nitriles is 1. The predicted molar refractivity (Wildman–Crippen MR) is 133 cm³/mol. The van der Waals surface area contributed by atoms with Gasteiger partial charge >= 0.3 is 5.97 Å². The molecule has 0 atom stereocenters. The molecule has 3 N–H and O–H groups in total. The summed E-state index contributed by atoms with van der Waals surface area (Å²) in [4.78, 5) is 23.4. The Bertz CT molecular complexity index is 1450. The van der Waals surface area contributed by atoms with Gasteiger partial charge < -0.3 is 20.4 Å². The van der Waals surface area contributed by atoms with Crippen molar-refractivity contribution in [2.24, 2.45) is 0 Å². The highest BCUT2D eigenvalue weighted by molar-refractivity contribution is 6.31. The summed E-state index contributed by atoms with van der Waals surface area (Å²) in [5.41, 5.74) is 4.02. The number of anilines is 3. The molecule has 0 bridgehead atoms. The van der Waals surface area contributed by atoms with Crippen molar-refractivity contribution >= 4 is 51.6 Å². The number of hydrogen-bond acceptors (Lipinski definition) is 7. The normalized spacial score (nSPS) is 10.9. The lowest BCUT2D eigenvalue weighted by molar-refractivity contribution is -0.137. The Morgan fingerprint density at radius 1 is 1.29 bits per heavy atom. The maximum atomic E-state index is 13.7. The van der Waals surface area contributed by atoms with Crippen LogP contribution in [0.15, 0.2) is 55.1 Å². The van der Waals surface area contributed by atoms with E-state index in [1.54, 1.807) is 25.5 Å². The van der Waals surface area contributed by atoms with Gasteiger partial charge in [-0.3, -0.25) is 4.98 Å². The summed E-state index contributed by atoms with van der Waals surface area (Å²) in [7, 11) is 0. The van der Waals surface area contributed by atoms with Crippen molar-refractivity contribution in [1.29, 1.82) is 5.26 Å². The topological polar surface area (TPSA) is 116 Å². The number of carbonyl (C=O) groups is 1. The van der Waals surface area contributed by atoms with Crippen LogP contribution in [0.25, 0.3) is 17.0 Å². The van der Waals surface area contributed by atoms with E-state index in [1.807, 2.05) is 12.1 Å². The Kier molecular flexibility index (Phi) is 7.24. The standard InChI is InChI=1S/C25H20ClFN6O2/c1-2-35-23(34)6-3-15-7-18(30-13-19-12-29-14-32-19)8-20-24(15)31-11-16(10-28)25(20)33-17-4-5-22(27)21(26)9-17/h3-9,11-12,14,30H,2,13H2,1H3,(H,29,32)(H,31,33)/b6-3+. The van der Waals surface area contributed by atoms with Crippen molar-refractivity contribution in [2.45, 2.75) is 13.5 Å². The Balaban J connectivity index is 1.83. The van der Waals surface area contributed by atoms with Crippen LogP contribution in [0.2, 0.25) is 5.02 Å². The highest BCUT2D eigenvalue weighted by atomic mass is 35.5. The predicted octanol–water partition coefficient (Wildman–Crippen LogP) is 5.55. The van der Waals surface area contributed by atoms with Crippen LogP contribution in [-0.2, 0) is 16.1 Å². The second kappa shape index (κ2) is 10.7. The highest BCUT2D eigenvalue weighted by Gasteiger charge is 2.14. The number of nitrogens with one attached hydrogen (secondary N) is 3. The van der Waals surface area contributed by atoms with Gasteiger partial charge in [0.25, 0.3) is 0 Å². The van der Waals surface area contributed by atoms with E-state index in [1.165, 1.54) is 30.5 Å². The lowest BCUT2D eigenvalue weighted by atomic mass is 10.0. The molecule has 0 aliphatic heterocycles. The van der Waals surface area contributed by atoms with Gasteiger partial charge in [0.1, 0.15) is 11.9 Å². The van der Waals surface area contributed by atoms with Crippen molar-refractivity contribution in [3.8, 4) is 6.07 Å². The van der Waals surface area contributed by atoms with Gasteiger partial charge in [-0.2, -0.15) is 5.26 Å². The smallest absolute Gasteiger partial charge is 0.330 e. The number of ether oxygens (including phenoxy) is 1. The summed E-state index contributed by atoms with van der Waals surface area (Å²) in [6.45, 7) is 2.45. The number of nitrogens with zero attached hydrogens (tertiary/aromatic N) is 3. The molecule has 0 amide bonds. The van der Waals surface area contributed by atoms with Crippen LogP contribution in [0.5, 0.6) is 0 Å². The van der Waals surface area contributed by atoms with Crippen LogP contribution in [0, 0.1) is 17.1 Å². The van der Waals surface area contributed by atoms with Gasteiger partial charge in [-0.05, 0) is 43.3 Å². The molecule has 4 aromatic rings. The van der Waals surface area contributed by atoms with Crippen LogP contribution in [0.3, 0.4) is 0 Å². The molecule has 2 aromatic heterocycles. The summed E-state index contributed by atoms with van der Waals surface area (Å²) in [5.74, 6) is -1.03. The number of benzene rings is 2. The molecule has 0 unspecified atom stereocenters. The molecule has 0 aliphatic rings. The first-order chi connectivity index (χ1) is 17.0. The van der Waals surface area contributed by atoms with E-state index in [0.717, 1.165) is 5.69 Å². The van der Waals surface area contributed by atoms with Crippen LogP contribution in [0.1, 0.15) is 23.7 Å². The van der Waals surface area contributed by atoms with Gasteiger partial charge in [-0.25, -0.2) is 14.2 Å². The van der Waals surface area contributed by atoms with E-state index in [0.29, 0.717) is 40.1 Å². The maximum Gasteiger partial charge on any atom is 0.330 e. The minimum absolute atomic E-state index is 0.0492. The molecule has 10 heteroatoms. The third-order valence-corrected chi connectivity index (χ3v) is 5.32. The third-order valence-electron chi connectivity index (χ3n) is 5.03. The van der Waals surface area contributed by atoms with E-state index in [2.05, 4.69) is 31.7 Å². The molecular formula is C25H20ClFN6O2. The number of H-pyrrole nitrogens is 1. The van der Waals surface area contributed by atoms with E-state index >= 15 is 0 Å². The molecule has 0 spiro atoms. The number of pyridine rings is 1. The van der Waals surface area contributed by atoms with E-state index in [-0.39, 0.29) is 17.2 Å². The first-order valence-corrected chi connectivity index (χ1v) is 11.0. The molecule has 0 saturated carbocycles. The zero-order chi connectivity index (χ0) is 24.8. The number of fused-ring (bicyclic) bond motifs is 1. The zero-order valence-corrected chi connectivity index (χ0v) is 19.4. The second-order valence-corrected chi connectivity index (χ2v) is 7.80. The molecule has 0 radical (unpaired) electrons. The molecule has 4 rings (SSSR count). The summed E-state index contributed by atoms with van der Waals surface area (Å²) in [6, 6.07) is 10.0. The van der Waals surface area contributed by atoms with E-state index in [4.69, 9.17) is 16.3 Å². The van der Waals surface area contributed by atoms with Crippen molar-refractivity contribution < 1.29 is 13.9 Å².